The Labute approximate surface area is 86.4 Å². The predicted octanol–water partition coefficient (Wildman–Crippen LogP) is 2.83. The molecule has 1 fully saturated rings. The molecule has 0 aromatic rings. The van der Waals surface area contributed by atoms with Gasteiger partial charge in [0, 0.05) is 11.3 Å². The summed E-state index contributed by atoms with van der Waals surface area (Å²) in [5.41, 5.74) is 0. The maximum absolute atomic E-state index is 3.73. The van der Waals surface area contributed by atoms with E-state index in [1.807, 2.05) is 17.8 Å². The molecule has 0 aromatic heterocycles. The van der Waals surface area contributed by atoms with Crippen LogP contribution >= 0.6 is 11.8 Å². The topological polar surface area (TPSA) is 12.0 Å². The molecule has 1 N–H and O–H groups in total. The van der Waals surface area contributed by atoms with Crippen LogP contribution < -0.4 is 5.32 Å². The third kappa shape index (κ3) is 4.19. The van der Waals surface area contributed by atoms with E-state index < -0.39 is 0 Å². The number of nitrogens with one attached hydrogen (secondary N) is 1. The fourth-order valence-electron chi connectivity index (χ4n) is 1.89. The second kappa shape index (κ2) is 6.50. The van der Waals surface area contributed by atoms with Gasteiger partial charge in [-0.15, -0.1) is 6.58 Å². The van der Waals surface area contributed by atoms with Gasteiger partial charge in [-0.1, -0.05) is 6.08 Å². The Balaban J connectivity index is 2.06. The lowest BCUT2D eigenvalue weighted by Gasteiger charge is -2.28. The van der Waals surface area contributed by atoms with Crippen LogP contribution in [0.3, 0.4) is 0 Å². The van der Waals surface area contributed by atoms with Crippen LogP contribution in [-0.4, -0.2) is 24.1 Å². The van der Waals surface area contributed by atoms with Gasteiger partial charge in [0.25, 0.3) is 0 Å². The highest BCUT2D eigenvalue weighted by atomic mass is 32.2. The minimum absolute atomic E-state index is 0.781. The SMILES string of the molecule is C=CCCNC1CCC(SC)CC1. The second-order valence-electron chi connectivity index (χ2n) is 3.74. The third-order valence-electron chi connectivity index (χ3n) is 2.79. The molecule has 0 atom stereocenters. The van der Waals surface area contributed by atoms with Crippen molar-refractivity contribution in [3.63, 3.8) is 0 Å². The normalized spacial score (nSPS) is 28.7. The first kappa shape index (κ1) is 11.1. The molecule has 76 valence electrons. The predicted molar refractivity (Wildman–Crippen MR) is 62.4 cm³/mol. The monoisotopic (exact) mass is 199 g/mol. The minimum atomic E-state index is 0.781. The van der Waals surface area contributed by atoms with E-state index in [1.165, 1.54) is 25.7 Å². The summed E-state index contributed by atoms with van der Waals surface area (Å²) in [6.07, 6.45) is 10.8. The molecule has 0 aromatic carbocycles. The van der Waals surface area contributed by atoms with E-state index in [0.29, 0.717) is 0 Å². The van der Waals surface area contributed by atoms with Crippen LogP contribution in [0.15, 0.2) is 12.7 Å². The van der Waals surface area contributed by atoms with Crippen LogP contribution in [-0.2, 0) is 0 Å². The average molecular weight is 199 g/mol. The molecule has 1 nitrogen and oxygen atoms in total. The average Bonchev–Trinajstić information content (AvgIpc) is 2.19. The van der Waals surface area contributed by atoms with Gasteiger partial charge in [0.2, 0.25) is 0 Å². The van der Waals surface area contributed by atoms with Gasteiger partial charge in [-0.3, -0.25) is 0 Å². The number of hydrogen-bond donors (Lipinski definition) is 1. The van der Waals surface area contributed by atoms with E-state index in [9.17, 15) is 0 Å². The summed E-state index contributed by atoms with van der Waals surface area (Å²) in [5.74, 6) is 0. The minimum Gasteiger partial charge on any atom is -0.314 e. The van der Waals surface area contributed by atoms with Crippen LogP contribution in [0.4, 0.5) is 0 Å². The van der Waals surface area contributed by atoms with Gasteiger partial charge in [-0.05, 0) is 44.9 Å². The lowest BCUT2D eigenvalue weighted by atomic mass is 9.95. The van der Waals surface area contributed by atoms with Crippen molar-refractivity contribution in [2.24, 2.45) is 0 Å². The van der Waals surface area contributed by atoms with Gasteiger partial charge >= 0.3 is 0 Å². The zero-order valence-corrected chi connectivity index (χ0v) is 9.41. The smallest absolute Gasteiger partial charge is 0.00679 e. The van der Waals surface area contributed by atoms with Crippen molar-refractivity contribution in [2.45, 2.75) is 43.4 Å². The van der Waals surface area contributed by atoms with Gasteiger partial charge in [0.05, 0.1) is 0 Å². The Morgan fingerprint density at radius 1 is 1.38 bits per heavy atom. The van der Waals surface area contributed by atoms with E-state index in [4.69, 9.17) is 0 Å². The van der Waals surface area contributed by atoms with Crippen molar-refractivity contribution in [1.82, 2.24) is 5.32 Å². The summed E-state index contributed by atoms with van der Waals surface area (Å²) in [7, 11) is 0. The van der Waals surface area contributed by atoms with Crippen molar-refractivity contribution >= 4 is 11.8 Å². The standard InChI is InChI=1S/C11H21NS/c1-3-4-9-12-10-5-7-11(13-2)8-6-10/h3,10-12H,1,4-9H2,2H3. The summed E-state index contributed by atoms with van der Waals surface area (Å²) in [6.45, 7) is 4.83. The van der Waals surface area contributed by atoms with Crippen molar-refractivity contribution < 1.29 is 0 Å². The zero-order valence-electron chi connectivity index (χ0n) is 8.59. The maximum Gasteiger partial charge on any atom is 0.00679 e. The quantitative estimate of drug-likeness (QED) is 0.540. The molecule has 1 rings (SSSR count). The van der Waals surface area contributed by atoms with Crippen LogP contribution in [0.2, 0.25) is 0 Å². The summed E-state index contributed by atoms with van der Waals surface area (Å²) >= 11 is 2.03. The van der Waals surface area contributed by atoms with Crippen molar-refractivity contribution in [2.75, 3.05) is 12.8 Å². The molecule has 0 saturated heterocycles. The molecule has 13 heavy (non-hydrogen) atoms. The molecule has 0 unspecified atom stereocenters. The molecule has 0 aliphatic heterocycles. The van der Waals surface area contributed by atoms with Crippen LogP contribution in [0, 0.1) is 0 Å². The van der Waals surface area contributed by atoms with E-state index >= 15 is 0 Å². The van der Waals surface area contributed by atoms with E-state index in [1.54, 1.807) is 0 Å². The molecule has 1 saturated carbocycles. The van der Waals surface area contributed by atoms with Gasteiger partial charge < -0.3 is 5.32 Å². The van der Waals surface area contributed by atoms with Crippen molar-refractivity contribution in [1.29, 1.82) is 0 Å². The van der Waals surface area contributed by atoms with E-state index in [2.05, 4.69) is 18.2 Å². The summed E-state index contributed by atoms with van der Waals surface area (Å²) < 4.78 is 0. The van der Waals surface area contributed by atoms with Crippen LogP contribution in [0.5, 0.6) is 0 Å². The van der Waals surface area contributed by atoms with Gasteiger partial charge in [0.15, 0.2) is 0 Å². The first-order valence-electron chi connectivity index (χ1n) is 5.24. The Kier molecular flexibility index (Phi) is 5.56. The lowest BCUT2D eigenvalue weighted by molar-refractivity contribution is 0.383. The Morgan fingerprint density at radius 3 is 2.62 bits per heavy atom. The second-order valence-corrected chi connectivity index (χ2v) is 4.88. The number of hydrogen-bond acceptors (Lipinski definition) is 2. The first-order valence-corrected chi connectivity index (χ1v) is 6.52. The summed E-state index contributed by atoms with van der Waals surface area (Å²) in [6, 6.07) is 0.781. The van der Waals surface area contributed by atoms with Gasteiger partial charge in [0.1, 0.15) is 0 Å². The Bertz CT molecular complexity index is 139. The Hall–Kier alpha value is 0.0500. The first-order chi connectivity index (χ1) is 6.36. The van der Waals surface area contributed by atoms with Gasteiger partial charge in [-0.2, -0.15) is 11.8 Å². The molecule has 0 bridgehead atoms. The largest absolute Gasteiger partial charge is 0.314 e. The molecule has 1 aliphatic carbocycles. The zero-order chi connectivity index (χ0) is 9.52. The highest BCUT2D eigenvalue weighted by Gasteiger charge is 2.19. The van der Waals surface area contributed by atoms with Crippen LogP contribution in [0.1, 0.15) is 32.1 Å². The van der Waals surface area contributed by atoms with Crippen LogP contribution in [0.25, 0.3) is 0 Å². The Morgan fingerprint density at radius 2 is 2.08 bits per heavy atom. The molecule has 0 amide bonds. The fourth-order valence-corrected chi connectivity index (χ4v) is 2.64. The maximum atomic E-state index is 3.73. The molecule has 2 heteroatoms. The molecular formula is C11H21NS. The van der Waals surface area contributed by atoms with Crippen molar-refractivity contribution in [3.05, 3.63) is 12.7 Å². The molecule has 1 aliphatic rings. The highest BCUT2D eigenvalue weighted by molar-refractivity contribution is 7.99. The third-order valence-corrected chi connectivity index (χ3v) is 3.93. The summed E-state index contributed by atoms with van der Waals surface area (Å²) in [5, 5.41) is 4.51. The highest BCUT2D eigenvalue weighted by Crippen LogP contribution is 2.26. The molecule has 0 heterocycles. The van der Waals surface area contributed by atoms with E-state index in [-0.39, 0.29) is 0 Å². The van der Waals surface area contributed by atoms with E-state index in [0.717, 1.165) is 24.3 Å². The van der Waals surface area contributed by atoms with Crippen molar-refractivity contribution in [3.8, 4) is 0 Å². The molecular weight excluding hydrogens is 178 g/mol. The fraction of sp³-hybridized carbons (Fsp3) is 0.818. The summed E-state index contributed by atoms with van der Waals surface area (Å²) in [4.78, 5) is 0. The molecule has 0 spiro atoms. The van der Waals surface area contributed by atoms with Gasteiger partial charge in [-0.25, -0.2) is 0 Å². The number of rotatable bonds is 5. The molecule has 0 radical (unpaired) electrons. The lowest BCUT2D eigenvalue weighted by Crippen LogP contribution is -2.34. The number of thioether (sulfide) groups is 1.